The Morgan fingerprint density at radius 3 is 2.62 bits per heavy atom. The van der Waals surface area contributed by atoms with Crippen molar-refractivity contribution in [1.82, 2.24) is 0 Å². The van der Waals surface area contributed by atoms with Crippen molar-refractivity contribution in [2.75, 3.05) is 11.9 Å². The molecule has 0 saturated carbocycles. The second-order valence-corrected chi connectivity index (χ2v) is 5.00. The van der Waals surface area contributed by atoms with Gasteiger partial charge in [0.25, 0.3) is 5.69 Å². The molecule has 0 saturated heterocycles. The number of nitrogens with one attached hydrogen (secondary N) is 1. The minimum atomic E-state index is -0.359. The zero-order valence-electron chi connectivity index (χ0n) is 9.58. The highest BCUT2D eigenvalue weighted by Crippen LogP contribution is 2.30. The fraction of sp³-hybridized carbons (Fsp3) is 0.455. The van der Waals surface area contributed by atoms with Crippen molar-refractivity contribution in [3.63, 3.8) is 0 Å². The molecule has 16 heavy (non-hydrogen) atoms. The molecule has 1 aromatic carbocycles. The Balaban J connectivity index is 3.00. The lowest BCUT2D eigenvalue weighted by atomic mass is 10.1. The van der Waals surface area contributed by atoms with Gasteiger partial charge in [-0.1, -0.05) is 13.8 Å². The fourth-order valence-electron chi connectivity index (χ4n) is 1.31. The van der Waals surface area contributed by atoms with Crippen LogP contribution in [-0.2, 0) is 0 Å². The molecule has 0 fully saturated rings. The van der Waals surface area contributed by atoms with Crippen LogP contribution in [0.15, 0.2) is 16.6 Å². The van der Waals surface area contributed by atoms with Crippen LogP contribution >= 0.6 is 15.9 Å². The first-order valence-electron chi connectivity index (χ1n) is 5.10. The van der Waals surface area contributed by atoms with Gasteiger partial charge in [0.1, 0.15) is 0 Å². The SMILES string of the molecule is Cc1cc(Br)c(NCC(C)C)cc1[N+](=O)[O-]. The van der Waals surface area contributed by atoms with Crippen LogP contribution in [0.25, 0.3) is 0 Å². The van der Waals surface area contributed by atoms with Gasteiger partial charge in [-0.15, -0.1) is 0 Å². The summed E-state index contributed by atoms with van der Waals surface area (Å²) in [6, 6.07) is 3.34. The number of halogens is 1. The van der Waals surface area contributed by atoms with Gasteiger partial charge in [-0.2, -0.15) is 0 Å². The number of nitro groups is 1. The average molecular weight is 287 g/mol. The normalized spacial score (nSPS) is 10.6. The molecule has 0 radical (unpaired) electrons. The van der Waals surface area contributed by atoms with E-state index in [4.69, 9.17) is 0 Å². The van der Waals surface area contributed by atoms with Crippen molar-refractivity contribution in [3.05, 3.63) is 32.3 Å². The third-order valence-corrected chi connectivity index (χ3v) is 2.84. The van der Waals surface area contributed by atoms with Gasteiger partial charge in [-0.3, -0.25) is 10.1 Å². The van der Waals surface area contributed by atoms with Gasteiger partial charge in [0.05, 0.1) is 10.6 Å². The highest BCUT2D eigenvalue weighted by atomic mass is 79.9. The van der Waals surface area contributed by atoms with E-state index in [1.165, 1.54) is 0 Å². The standard InChI is InChI=1S/C11H15BrN2O2/c1-7(2)6-13-10-5-11(14(15)16)8(3)4-9(10)12/h4-5,7,13H,6H2,1-3H3. The first-order valence-corrected chi connectivity index (χ1v) is 5.89. The molecule has 0 atom stereocenters. The minimum absolute atomic E-state index is 0.148. The highest BCUT2D eigenvalue weighted by Gasteiger charge is 2.14. The molecule has 0 bridgehead atoms. The summed E-state index contributed by atoms with van der Waals surface area (Å²) in [5, 5.41) is 14.0. The molecular formula is C11H15BrN2O2. The van der Waals surface area contributed by atoms with Gasteiger partial charge < -0.3 is 5.32 Å². The molecule has 0 aliphatic rings. The number of aryl methyl sites for hydroxylation is 1. The van der Waals surface area contributed by atoms with E-state index >= 15 is 0 Å². The van der Waals surface area contributed by atoms with Gasteiger partial charge in [-0.05, 0) is 34.8 Å². The summed E-state index contributed by atoms with van der Waals surface area (Å²) in [7, 11) is 0. The maximum Gasteiger partial charge on any atom is 0.274 e. The Morgan fingerprint density at radius 2 is 2.12 bits per heavy atom. The summed E-state index contributed by atoms with van der Waals surface area (Å²) in [5.41, 5.74) is 1.58. The molecule has 0 aliphatic carbocycles. The molecule has 5 heteroatoms. The Morgan fingerprint density at radius 1 is 1.50 bits per heavy atom. The van der Waals surface area contributed by atoms with E-state index in [0.717, 1.165) is 16.7 Å². The smallest absolute Gasteiger partial charge is 0.274 e. The van der Waals surface area contributed by atoms with E-state index in [9.17, 15) is 10.1 Å². The van der Waals surface area contributed by atoms with Crippen molar-refractivity contribution in [1.29, 1.82) is 0 Å². The molecule has 4 nitrogen and oxygen atoms in total. The first kappa shape index (κ1) is 13.0. The quantitative estimate of drug-likeness (QED) is 0.678. The molecule has 0 aliphatic heterocycles. The Hall–Kier alpha value is -1.10. The van der Waals surface area contributed by atoms with Crippen LogP contribution in [0.3, 0.4) is 0 Å². The monoisotopic (exact) mass is 286 g/mol. The van der Waals surface area contributed by atoms with Crippen molar-refractivity contribution in [2.45, 2.75) is 20.8 Å². The summed E-state index contributed by atoms with van der Waals surface area (Å²) >= 11 is 3.40. The van der Waals surface area contributed by atoms with E-state index in [1.54, 1.807) is 19.1 Å². The van der Waals surface area contributed by atoms with E-state index in [2.05, 4.69) is 35.1 Å². The van der Waals surface area contributed by atoms with Crippen LogP contribution in [0, 0.1) is 23.0 Å². The van der Waals surface area contributed by atoms with Crippen LogP contribution in [0.4, 0.5) is 11.4 Å². The Kier molecular flexibility index (Phi) is 4.29. The molecular weight excluding hydrogens is 272 g/mol. The van der Waals surface area contributed by atoms with Crippen LogP contribution in [0.2, 0.25) is 0 Å². The largest absolute Gasteiger partial charge is 0.384 e. The van der Waals surface area contributed by atoms with Crippen molar-refractivity contribution in [3.8, 4) is 0 Å². The number of benzene rings is 1. The lowest BCUT2D eigenvalue weighted by Crippen LogP contribution is -2.08. The molecule has 1 N–H and O–H groups in total. The lowest BCUT2D eigenvalue weighted by molar-refractivity contribution is -0.385. The number of anilines is 1. The lowest BCUT2D eigenvalue weighted by Gasteiger charge is -2.11. The zero-order valence-corrected chi connectivity index (χ0v) is 11.2. The van der Waals surface area contributed by atoms with E-state index < -0.39 is 0 Å². The average Bonchev–Trinajstić information content (AvgIpc) is 2.15. The molecule has 0 aromatic heterocycles. The number of nitrogens with zero attached hydrogens (tertiary/aromatic N) is 1. The van der Waals surface area contributed by atoms with Crippen molar-refractivity contribution < 1.29 is 4.92 Å². The van der Waals surface area contributed by atoms with Gasteiger partial charge in [0.15, 0.2) is 0 Å². The predicted octanol–water partition coefficient (Wildman–Crippen LogP) is 3.73. The Labute approximate surface area is 103 Å². The van der Waals surface area contributed by atoms with Gasteiger partial charge in [0, 0.05) is 22.6 Å². The first-order chi connectivity index (χ1) is 7.41. The second kappa shape index (κ2) is 5.30. The van der Waals surface area contributed by atoms with E-state index in [0.29, 0.717) is 11.5 Å². The van der Waals surface area contributed by atoms with Gasteiger partial charge in [0.2, 0.25) is 0 Å². The highest BCUT2D eigenvalue weighted by molar-refractivity contribution is 9.10. The number of rotatable bonds is 4. The third-order valence-electron chi connectivity index (χ3n) is 2.18. The summed E-state index contributed by atoms with van der Waals surface area (Å²) in [4.78, 5) is 10.4. The number of hydrogen-bond acceptors (Lipinski definition) is 3. The molecule has 0 spiro atoms. The fourth-order valence-corrected chi connectivity index (χ4v) is 1.91. The molecule has 88 valence electrons. The molecule has 0 unspecified atom stereocenters. The summed E-state index contributed by atoms with van der Waals surface area (Å²) in [6.45, 7) is 6.70. The van der Waals surface area contributed by atoms with Crippen molar-refractivity contribution >= 4 is 27.3 Å². The second-order valence-electron chi connectivity index (χ2n) is 4.15. The third kappa shape index (κ3) is 3.20. The van der Waals surface area contributed by atoms with Crippen LogP contribution in [-0.4, -0.2) is 11.5 Å². The number of nitro benzene ring substituents is 1. The molecule has 0 heterocycles. The summed E-state index contributed by atoms with van der Waals surface area (Å²) in [5.74, 6) is 0.493. The molecule has 0 amide bonds. The molecule has 1 rings (SSSR count). The maximum absolute atomic E-state index is 10.8. The van der Waals surface area contributed by atoms with Crippen LogP contribution < -0.4 is 5.32 Å². The summed E-state index contributed by atoms with van der Waals surface area (Å²) < 4.78 is 0.858. The van der Waals surface area contributed by atoms with Crippen molar-refractivity contribution in [2.24, 2.45) is 5.92 Å². The predicted molar refractivity (Wildman–Crippen MR) is 68.9 cm³/mol. The van der Waals surface area contributed by atoms with E-state index in [-0.39, 0.29) is 10.6 Å². The Bertz CT molecular complexity index is 405. The number of hydrogen-bond donors (Lipinski definition) is 1. The van der Waals surface area contributed by atoms with Gasteiger partial charge in [-0.25, -0.2) is 0 Å². The zero-order chi connectivity index (χ0) is 12.3. The van der Waals surface area contributed by atoms with E-state index in [1.807, 2.05) is 0 Å². The summed E-state index contributed by atoms with van der Waals surface area (Å²) in [6.07, 6.45) is 0. The minimum Gasteiger partial charge on any atom is -0.384 e. The maximum atomic E-state index is 10.8. The van der Waals surface area contributed by atoms with Crippen LogP contribution in [0.5, 0.6) is 0 Å². The van der Waals surface area contributed by atoms with Crippen LogP contribution in [0.1, 0.15) is 19.4 Å². The molecule has 1 aromatic rings. The van der Waals surface area contributed by atoms with Gasteiger partial charge >= 0.3 is 0 Å². The topological polar surface area (TPSA) is 55.2 Å².